The van der Waals surface area contributed by atoms with Crippen molar-refractivity contribution >= 4 is 30.6 Å². The van der Waals surface area contributed by atoms with Gasteiger partial charge in [0.25, 0.3) is 0 Å². The van der Waals surface area contributed by atoms with Gasteiger partial charge in [0.15, 0.2) is 0 Å². The van der Waals surface area contributed by atoms with Crippen LogP contribution in [0.4, 0.5) is 0 Å². The SMILES string of the molecule is CCOC(CCSSNCc1ccccc1)[SiH](C)C. The third-order valence-electron chi connectivity index (χ3n) is 2.85. The zero-order valence-corrected chi connectivity index (χ0v) is 14.9. The normalized spacial score (nSPS) is 12.8. The molecule has 0 fully saturated rings. The first-order chi connectivity index (χ1) is 9.24. The van der Waals surface area contributed by atoms with E-state index in [1.807, 2.05) is 10.8 Å². The molecule has 0 amide bonds. The zero-order chi connectivity index (χ0) is 13.9. The number of hydrogen-bond donors (Lipinski definition) is 1. The van der Waals surface area contributed by atoms with Gasteiger partial charge in [0, 0.05) is 24.6 Å². The standard InChI is InChI=1S/C14H25NOS2Si/c1-4-16-14(19(2)3)10-11-17-18-15-12-13-8-6-5-7-9-13/h5-9,14-15,19H,4,10-12H2,1-3H3. The molecule has 0 radical (unpaired) electrons. The lowest BCUT2D eigenvalue weighted by atomic mass is 10.2. The average molecular weight is 316 g/mol. The quantitative estimate of drug-likeness (QED) is 0.306. The maximum Gasteiger partial charge on any atom is 0.0656 e. The Labute approximate surface area is 127 Å². The molecule has 108 valence electrons. The number of ether oxygens (including phenoxy) is 1. The molecule has 2 nitrogen and oxygen atoms in total. The Kier molecular flexibility index (Phi) is 9.72. The highest BCUT2D eigenvalue weighted by atomic mass is 33.1. The molecule has 0 aliphatic rings. The summed E-state index contributed by atoms with van der Waals surface area (Å²) >= 11 is 0. The Balaban J connectivity index is 2.04. The molecule has 1 rings (SSSR count). The van der Waals surface area contributed by atoms with Crippen molar-refractivity contribution in [1.82, 2.24) is 4.72 Å². The molecule has 0 saturated carbocycles. The summed E-state index contributed by atoms with van der Waals surface area (Å²) in [4.78, 5) is 0. The molecule has 1 unspecified atom stereocenters. The van der Waals surface area contributed by atoms with E-state index in [2.05, 4.69) is 55.1 Å². The lowest BCUT2D eigenvalue weighted by Gasteiger charge is -2.19. The fraction of sp³-hybridized carbons (Fsp3) is 0.571. The monoisotopic (exact) mass is 315 g/mol. The summed E-state index contributed by atoms with van der Waals surface area (Å²) in [6, 6.07) is 10.5. The van der Waals surface area contributed by atoms with Crippen LogP contribution in [-0.2, 0) is 11.3 Å². The lowest BCUT2D eigenvalue weighted by Crippen LogP contribution is -2.28. The van der Waals surface area contributed by atoms with E-state index in [-0.39, 0.29) is 0 Å². The van der Waals surface area contributed by atoms with Gasteiger partial charge in [-0.15, -0.1) is 0 Å². The Morgan fingerprint density at radius 3 is 2.63 bits per heavy atom. The second-order valence-corrected chi connectivity index (χ2v) is 10.3. The van der Waals surface area contributed by atoms with E-state index in [1.165, 1.54) is 12.0 Å². The van der Waals surface area contributed by atoms with Crippen LogP contribution in [0.1, 0.15) is 18.9 Å². The van der Waals surface area contributed by atoms with Crippen LogP contribution in [0.25, 0.3) is 0 Å². The minimum Gasteiger partial charge on any atom is -0.382 e. The molecule has 1 aromatic carbocycles. The highest BCUT2D eigenvalue weighted by Gasteiger charge is 2.13. The zero-order valence-electron chi connectivity index (χ0n) is 12.1. The van der Waals surface area contributed by atoms with Crippen molar-refractivity contribution in [3.63, 3.8) is 0 Å². The van der Waals surface area contributed by atoms with Gasteiger partial charge in [-0.1, -0.05) is 54.2 Å². The lowest BCUT2D eigenvalue weighted by molar-refractivity contribution is 0.113. The van der Waals surface area contributed by atoms with Gasteiger partial charge in [-0.3, -0.25) is 4.72 Å². The van der Waals surface area contributed by atoms with Crippen molar-refractivity contribution in [2.45, 2.75) is 38.7 Å². The first-order valence-corrected chi connectivity index (χ1v) is 12.2. The first kappa shape index (κ1) is 17.1. The van der Waals surface area contributed by atoms with Crippen LogP contribution in [0.2, 0.25) is 13.1 Å². The number of hydrogen-bond acceptors (Lipinski definition) is 4. The van der Waals surface area contributed by atoms with E-state index >= 15 is 0 Å². The largest absolute Gasteiger partial charge is 0.382 e. The van der Waals surface area contributed by atoms with Gasteiger partial charge in [0.2, 0.25) is 0 Å². The van der Waals surface area contributed by atoms with E-state index in [0.717, 1.165) is 18.9 Å². The van der Waals surface area contributed by atoms with Gasteiger partial charge in [-0.05, 0) is 29.9 Å². The summed E-state index contributed by atoms with van der Waals surface area (Å²) < 4.78 is 9.18. The molecule has 1 atom stereocenters. The van der Waals surface area contributed by atoms with Crippen molar-refractivity contribution in [2.24, 2.45) is 0 Å². The van der Waals surface area contributed by atoms with Crippen LogP contribution in [0.3, 0.4) is 0 Å². The Bertz CT molecular complexity index is 324. The molecule has 1 N–H and O–H groups in total. The van der Waals surface area contributed by atoms with E-state index < -0.39 is 8.80 Å². The molecule has 0 heterocycles. The Hall–Kier alpha value is 0.0569. The number of nitrogens with one attached hydrogen (secondary N) is 1. The minimum atomic E-state index is -0.676. The second-order valence-electron chi connectivity index (χ2n) is 4.74. The summed E-state index contributed by atoms with van der Waals surface area (Å²) in [5, 5.41) is 0. The molecule has 19 heavy (non-hydrogen) atoms. The van der Waals surface area contributed by atoms with Gasteiger partial charge in [-0.2, -0.15) is 0 Å². The van der Waals surface area contributed by atoms with Crippen LogP contribution >= 0.6 is 21.8 Å². The predicted molar refractivity (Wildman–Crippen MR) is 92.2 cm³/mol. The molecule has 0 bridgehead atoms. The molecule has 0 aliphatic heterocycles. The van der Waals surface area contributed by atoms with Crippen molar-refractivity contribution in [3.05, 3.63) is 35.9 Å². The summed E-state index contributed by atoms with van der Waals surface area (Å²) in [5.74, 6) is 1.16. The molecule has 0 spiro atoms. The Morgan fingerprint density at radius 1 is 1.26 bits per heavy atom. The molecule has 5 heteroatoms. The van der Waals surface area contributed by atoms with Gasteiger partial charge < -0.3 is 4.74 Å². The van der Waals surface area contributed by atoms with Crippen LogP contribution in [-0.4, -0.2) is 26.9 Å². The van der Waals surface area contributed by atoms with E-state index in [4.69, 9.17) is 4.74 Å². The number of rotatable bonds is 10. The third kappa shape index (κ3) is 8.04. The highest BCUT2D eigenvalue weighted by Crippen LogP contribution is 2.20. The maximum atomic E-state index is 5.80. The van der Waals surface area contributed by atoms with Crippen LogP contribution < -0.4 is 4.72 Å². The van der Waals surface area contributed by atoms with E-state index in [9.17, 15) is 0 Å². The van der Waals surface area contributed by atoms with Crippen LogP contribution in [0.5, 0.6) is 0 Å². The predicted octanol–water partition coefficient (Wildman–Crippen LogP) is 3.89. The Morgan fingerprint density at radius 2 is 2.00 bits per heavy atom. The second kappa shape index (κ2) is 10.8. The topological polar surface area (TPSA) is 21.3 Å². The minimum absolute atomic E-state index is 0.534. The molecule has 1 aromatic rings. The fourth-order valence-corrected chi connectivity index (χ4v) is 5.12. The molecule has 0 saturated heterocycles. The van der Waals surface area contributed by atoms with Crippen molar-refractivity contribution in [1.29, 1.82) is 0 Å². The van der Waals surface area contributed by atoms with Gasteiger partial charge >= 0.3 is 0 Å². The molecule has 0 aromatic heterocycles. The first-order valence-electron chi connectivity index (χ1n) is 6.91. The summed E-state index contributed by atoms with van der Waals surface area (Å²) in [5.41, 5.74) is 1.87. The third-order valence-corrected chi connectivity index (χ3v) is 6.85. The summed E-state index contributed by atoms with van der Waals surface area (Å²) in [6.45, 7) is 8.59. The van der Waals surface area contributed by atoms with Crippen LogP contribution in [0, 0.1) is 0 Å². The van der Waals surface area contributed by atoms with Crippen molar-refractivity contribution in [2.75, 3.05) is 12.4 Å². The van der Waals surface area contributed by atoms with Crippen molar-refractivity contribution in [3.8, 4) is 0 Å². The summed E-state index contributed by atoms with van der Waals surface area (Å²) in [6.07, 6.45) is 1.18. The van der Waals surface area contributed by atoms with Gasteiger partial charge in [0.1, 0.15) is 0 Å². The van der Waals surface area contributed by atoms with Gasteiger partial charge in [-0.25, -0.2) is 0 Å². The fourth-order valence-electron chi connectivity index (χ4n) is 1.78. The molecule has 0 aliphatic carbocycles. The van der Waals surface area contributed by atoms with Gasteiger partial charge in [0.05, 0.1) is 8.80 Å². The molecular formula is C14H25NOS2Si. The highest BCUT2D eigenvalue weighted by molar-refractivity contribution is 8.76. The van der Waals surface area contributed by atoms with Crippen molar-refractivity contribution < 1.29 is 4.74 Å². The maximum absolute atomic E-state index is 5.80. The smallest absolute Gasteiger partial charge is 0.0656 e. The average Bonchev–Trinajstić information content (AvgIpc) is 2.42. The van der Waals surface area contributed by atoms with E-state index in [0.29, 0.717) is 5.73 Å². The van der Waals surface area contributed by atoms with E-state index in [1.54, 1.807) is 11.0 Å². The summed E-state index contributed by atoms with van der Waals surface area (Å²) in [7, 11) is 2.96. The number of benzene rings is 1. The van der Waals surface area contributed by atoms with Crippen LogP contribution in [0.15, 0.2) is 30.3 Å². The molecular weight excluding hydrogens is 290 g/mol.